The number of aliphatic carboxylic acids is 1. The molecule has 1 aromatic heterocycles. The summed E-state index contributed by atoms with van der Waals surface area (Å²) in [5, 5.41) is 13.9. The molecule has 29 heavy (non-hydrogen) atoms. The molecule has 0 atom stereocenters. The molecule has 0 unspecified atom stereocenters. The Labute approximate surface area is 168 Å². The van der Waals surface area contributed by atoms with Crippen LogP contribution in [0.4, 0.5) is 0 Å². The number of carbonyl (C=O) groups is 3. The van der Waals surface area contributed by atoms with Crippen molar-refractivity contribution in [3.8, 4) is 5.75 Å². The number of nitrogens with one attached hydrogen (secondary N) is 2. The summed E-state index contributed by atoms with van der Waals surface area (Å²) in [5.74, 6) is -1.05. The van der Waals surface area contributed by atoms with Crippen molar-refractivity contribution in [1.29, 1.82) is 0 Å². The molecule has 1 aromatic carbocycles. The molecule has 0 saturated carbocycles. The van der Waals surface area contributed by atoms with Gasteiger partial charge < -0.3 is 24.9 Å². The van der Waals surface area contributed by atoms with Gasteiger partial charge in [0.15, 0.2) is 5.76 Å². The number of carbonyl (C=O) groups excluding carboxylic acids is 2. The van der Waals surface area contributed by atoms with E-state index < -0.39 is 17.8 Å². The summed E-state index contributed by atoms with van der Waals surface area (Å²) < 4.78 is 10.2. The van der Waals surface area contributed by atoms with E-state index >= 15 is 0 Å². The summed E-state index contributed by atoms with van der Waals surface area (Å²) in [6, 6.07) is 10.1. The van der Waals surface area contributed by atoms with Crippen molar-refractivity contribution in [2.75, 3.05) is 13.7 Å². The number of rotatable bonds is 11. The first-order valence-electron chi connectivity index (χ1n) is 9.20. The van der Waals surface area contributed by atoms with Crippen molar-refractivity contribution in [2.24, 2.45) is 0 Å². The second kappa shape index (κ2) is 11.3. The molecule has 0 bridgehead atoms. The van der Waals surface area contributed by atoms with Gasteiger partial charge in [-0.1, -0.05) is 18.6 Å². The van der Waals surface area contributed by atoms with Gasteiger partial charge in [0, 0.05) is 13.0 Å². The minimum Gasteiger partial charge on any atom is -0.497 e. The minimum absolute atomic E-state index is 0.0714. The van der Waals surface area contributed by atoms with Gasteiger partial charge in [0.05, 0.1) is 13.4 Å². The number of benzene rings is 1. The van der Waals surface area contributed by atoms with E-state index in [2.05, 4.69) is 10.6 Å². The van der Waals surface area contributed by atoms with Crippen LogP contribution in [0.2, 0.25) is 0 Å². The third-order valence-corrected chi connectivity index (χ3v) is 4.02. The third-order valence-electron chi connectivity index (χ3n) is 4.02. The normalized spacial score (nSPS) is 11.0. The van der Waals surface area contributed by atoms with Crippen LogP contribution < -0.4 is 15.4 Å². The van der Waals surface area contributed by atoms with E-state index in [1.54, 1.807) is 43.5 Å². The SMILES string of the molecule is COc1ccc(C=C(NC(=O)c2ccco2)C(=O)NCCCCCC(=O)O)cc1. The first-order chi connectivity index (χ1) is 14.0. The number of furan rings is 1. The fourth-order valence-electron chi connectivity index (χ4n) is 2.49. The number of methoxy groups -OCH3 is 1. The van der Waals surface area contributed by atoms with Crippen molar-refractivity contribution in [3.05, 3.63) is 59.7 Å². The van der Waals surface area contributed by atoms with Gasteiger partial charge >= 0.3 is 5.97 Å². The second-order valence-electron chi connectivity index (χ2n) is 6.22. The summed E-state index contributed by atoms with van der Waals surface area (Å²) in [6.07, 6.45) is 4.91. The van der Waals surface area contributed by atoms with Crippen LogP contribution in [-0.2, 0) is 9.59 Å². The van der Waals surface area contributed by atoms with Crippen LogP contribution in [0.25, 0.3) is 6.08 Å². The van der Waals surface area contributed by atoms with Crippen LogP contribution in [0, 0.1) is 0 Å². The molecule has 0 radical (unpaired) electrons. The average Bonchev–Trinajstić information content (AvgIpc) is 3.25. The summed E-state index contributed by atoms with van der Waals surface area (Å²) in [5.41, 5.74) is 0.777. The lowest BCUT2D eigenvalue weighted by atomic mass is 10.1. The van der Waals surface area contributed by atoms with Gasteiger partial charge in [-0.05, 0) is 48.7 Å². The lowest BCUT2D eigenvalue weighted by Gasteiger charge is -2.10. The molecule has 2 aromatic rings. The topological polar surface area (TPSA) is 118 Å². The smallest absolute Gasteiger partial charge is 0.303 e. The molecular weight excluding hydrogens is 376 g/mol. The first-order valence-corrected chi connectivity index (χ1v) is 9.20. The minimum atomic E-state index is -0.834. The molecule has 0 fully saturated rings. The molecule has 0 saturated heterocycles. The number of ether oxygens (including phenoxy) is 1. The average molecular weight is 400 g/mol. The summed E-state index contributed by atoms with van der Waals surface area (Å²) >= 11 is 0. The molecule has 1 heterocycles. The monoisotopic (exact) mass is 400 g/mol. The van der Waals surface area contributed by atoms with Gasteiger partial charge in [-0.3, -0.25) is 14.4 Å². The van der Waals surface area contributed by atoms with Crippen LogP contribution >= 0.6 is 0 Å². The maximum Gasteiger partial charge on any atom is 0.303 e. The lowest BCUT2D eigenvalue weighted by molar-refractivity contribution is -0.137. The lowest BCUT2D eigenvalue weighted by Crippen LogP contribution is -2.35. The summed E-state index contributed by atoms with van der Waals surface area (Å²) in [4.78, 5) is 35.4. The number of carboxylic acids is 1. The summed E-state index contributed by atoms with van der Waals surface area (Å²) in [7, 11) is 1.56. The third kappa shape index (κ3) is 7.53. The van der Waals surface area contributed by atoms with Gasteiger partial charge in [0.1, 0.15) is 11.4 Å². The van der Waals surface area contributed by atoms with Crippen LogP contribution in [0.5, 0.6) is 5.75 Å². The molecule has 8 heteroatoms. The van der Waals surface area contributed by atoms with E-state index in [1.165, 1.54) is 12.3 Å². The standard InChI is InChI=1S/C21H24N2O6/c1-28-16-10-8-15(9-11-16)14-17(23-21(27)18-6-5-13-29-18)20(26)22-12-4-2-3-7-19(24)25/h5-6,8-11,13-14H,2-4,7,12H2,1H3,(H,22,26)(H,23,27)(H,24,25). The van der Waals surface area contributed by atoms with Crippen LogP contribution in [0.3, 0.4) is 0 Å². The van der Waals surface area contributed by atoms with E-state index in [1.807, 2.05) is 0 Å². The van der Waals surface area contributed by atoms with E-state index in [4.69, 9.17) is 14.3 Å². The maximum atomic E-state index is 12.6. The fraction of sp³-hybridized carbons (Fsp3) is 0.286. The molecule has 2 amide bonds. The van der Waals surface area contributed by atoms with E-state index in [0.29, 0.717) is 37.1 Å². The van der Waals surface area contributed by atoms with Crippen molar-refractivity contribution >= 4 is 23.9 Å². The number of hydrogen-bond acceptors (Lipinski definition) is 5. The predicted octanol–water partition coefficient (Wildman–Crippen LogP) is 2.82. The Morgan fingerprint density at radius 3 is 2.48 bits per heavy atom. The Kier molecular flexibility index (Phi) is 8.50. The number of hydrogen-bond donors (Lipinski definition) is 3. The zero-order valence-corrected chi connectivity index (χ0v) is 16.1. The van der Waals surface area contributed by atoms with Crippen molar-refractivity contribution in [2.45, 2.75) is 25.7 Å². The quantitative estimate of drug-likeness (QED) is 0.394. The predicted molar refractivity (Wildman–Crippen MR) is 106 cm³/mol. The number of amides is 2. The molecule has 0 spiro atoms. The highest BCUT2D eigenvalue weighted by atomic mass is 16.5. The largest absolute Gasteiger partial charge is 0.497 e. The second-order valence-corrected chi connectivity index (χ2v) is 6.22. The van der Waals surface area contributed by atoms with Crippen LogP contribution in [0.1, 0.15) is 41.8 Å². The van der Waals surface area contributed by atoms with Crippen molar-refractivity contribution in [1.82, 2.24) is 10.6 Å². The Morgan fingerprint density at radius 1 is 1.10 bits per heavy atom. The fourth-order valence-corrected chi connectivity index (χ4v) is 2.49. The zero-order chi connectivity index (χ0) is 21.1. The van der Waals surface area contributed by atoms with E-state index in [-0.39, 0.29) is 17.9 Å². The van der Waals surface area contributed by atoms with Gasteiger partial charge in [-0.2, -0.15) is 0 Å². The molecule has 0 aliphatic heterocycles. The Bertz CT molecular complexity index is 841. The molecular formula is C21H24N2O6. The Morgan fingerprint density at radius 2 is 1.86 bits per heavy atom. The molecule has 154 valence electrons. The van der Waals surface area contributed by atoms with Crippen LogP contribution in [-0.4, -0.2) is 36.5 Å². The van der Waals surface area contributed by atoms with Crippen molar-refractivity contribution in [3.63, 3.8) is 0 Å². The zero-order valence-electron chi connectivity index (χ0n) is 16.1. The maximum absolute atomic E-state index is 12.6. The highest BCUT2D eigenvalue weighted by Gasteiger charge is 2.16. The molecule has 0 aliphatic rings. The molecule has 0 aliphatic carbocycles. The molecule has 2 rings (SSSR count). The number of carboxylic acid groups (broad SMARTS) is 1. The van der Waals surface area contributed by atoms with Gasteiger partial charge in [0.25, 0.3) is 11.8 Å². The van der Waals surface area contributed by atoms with E-state index in [9.17, 15) is 14.4 Å². The van der Waals surface area contributed by atoms with Crippen LogP contribution in [0.15, 0.2) is 52.8 Å². The molecule has 3 N–H and O–H groups in total. The van der Waals surface area contributed by atoms with Crippen molar-refractivity contribution < 1.29 is 28.6 Å². The van der Waals surface area contributed by atoms with Gasteiger partial charge in [-0.15, -0.1) is 0 Å². The highest BCUT2D eigenvalue weighted by molar-refractivity contribution is 6.04. The number of unbranched alkanes of at least 4 members (excludes halogenated alkanes) is 2. The summed E-state index contributed by atoms with van der Waals surface area (Å²) in [6.45, 7) is 0.370. The Balaban J connectivity index is 2.02. The van der Waals surface area contributed by atoms with Gasteiger partial charge in [0.2, 0.25) is 0 Å². The Hall–Kier alpha value is -3.55. The van der Waals surface area contributed by atoms with Gasteiger partial charge in [-0.25, -0.2) is 0 Å². The molecule has 8 nitrogen and oxygen atoms in total. The highest BCUT2D eigenvalue weighted by Crippen LogP contribution is 2.14. The first kappa shape index (κ1) is 21.7. The van der Waals surface area contributed by atoms with E-state index in [0.717, 1.165) is 0 Å².